The molecule has 11 nitrogen and oxygen atoms in total. The summed E-state index contributed by atoms with van der Waals surface area (Å²) in [4.78, 5) is 28.2. The van der Waals surface area contributed by atoms with Crippen LogP contribution in [0.4, 0.5) is 0 Å². The average molecular weight is 528 g/mol. The molecule has 4 unspecified atom stereocenters. The Morgan fingerprint density at radius 3 is 2.34 bits per heavy atom. The van der Waals surface area contributed by atoms with E-state index in [1.54, 1.807) is 12.1 Å². The number of methoxy groups -OCH3 is 2. The van der Waals surface area contributed by atoms with Gasteiger partial charge in [0.25, 0.3) is 0 Å². The number of phenolic OH excluding ortho intramolecular Hbond substituents is 1. The zero-order valence-electron chi connectivity index (χ0n) is 21.9. The largest absolute Gasteiger partial charge is 0.502 e. The molecule has 2 aromatic carbocycles. The molecule has 0 saturated carbocycles. The van der Waals surface area contributed by atoms with Crippen molar-refractivity contribution in [1.29, 1.82) is 0 Å². The van der Waals surface area contributed by atoms with E-state index in [1.807, 2.05) is 31.1 Å². The van der Waals surface area contributed by atoms with Gasteiger partial charge in [0.1, 0.15) is 0 Å². The Morgan fingerprint density at radius 1 is 1.05 bits per heavy atom. The number of phenols is 1. The minimum Gasteiger partial charge on any atom is -0.502 e. The van der Waals surface area contributed by atoms with Crippen LogP contribution in [0.1, 0.15) is 28.7 Å². The molecule has 3 N–H and O–H groups in total. The molecule has 1 aliphatic carbocycles. The molecule has 0 aromatic heterocycles. The number of fused-ring (bicyclic) bond motifs is 3. The van der Waals surface area contributed by atoms with Gasteiger partial charge in [0, 0.05) is 24.9 Å². The number of carbonyl (C=O) groups is 2. The maximum Gasteiger partial charge on any atom is 0.310 e. The predicted molar refractivity (Wildman–Crippen MR) is 136 cm³/mol. The lowest BCUT2D eigenvalue weighted by atomic mass is 9.65. The van der Waals surface area contributed by atoms with Crippen molar-refractivity contribution in [2.75, 3.05) is 61.3 Å². The van der Waals surface area contributed by atoms with Gasteiger partial charge < -0.3 is 44.3 Å². The van der Waals surface area contributed by atoms with Crippen molar-refractivity contribution < 1.29 is 38.4 Å². The van der Waals surface area contributed by atoms with E-state index in [4.69, 9.17) is 23.7 Å². The van der Waals surface area contributed by atoms with Crippen molar-refractivity contribution >= 4 is 11.9 Å². The van der Waals surface area contributed by atoms with Gasteiger partial charge in [-0.05, 0) is 55.1 Å². The second kappa shape index (κ2) is 10.6. The molecule has 1 fully saturated rings. The van der Waals surface area contributed by atoms with Crippen molar-refractivity contribution in [2.24, 2.45) is 11.8 Å². The number of nitrogens with zero attached hydrogens (tertiary/aromatic N) is 1. The fourth-order valence-electron chi connectivity index (χ4n) is 5.57. The molecule has 2 heterocycles. The molecule has 204 valence electrons. The van der Waals surface area contributed by atoms with Crippen LogP contribution in [0.3, 0.4) is 0 Å². The average Bonchev–Trinajstić information content (AvgIpc) is 3.52. The molecule has 0 radical (unpaired) electrons. The van der Waals surface area contributed by atoms with Gasteiger partial charge in [-0.25, -0.2) is 0 Å². The van der Waals surface area contributed by atoms with Crippen LogP contribution in [0.2, 0.25) is 0 Å². The summed E-state index contributed by atoms with van der Waals surface area (Å²) in [7, 11) is 6.85. The number of nitrogens with one attached hydrogen (secondary N) is 2. The first-order valence-electron chi connectivity index (χ1n) is 12.5. The van der Waals surface area contributed by atoms with E-state index in [-0.39, 0.29) is 55.0 Å². The van der Waals surface area contributed by atoms with Crippen molar-refractivity contribution in [3.05, 3.63) is 41.0 Å². The number of carbonyl (C=O) groups excluding carboxylic acids is 2. The van der Waals surface area contributed by atoms with Crippen molar-refractivity contribution in [2.45, 2.75) is 12.0 Å². The number of rotatable bonds is 9. The molecular weight excluding hydrogens is 494 g/mol. The van der Waals surface area contributed by atoms with Crippen LogP contribution in [-0.2, 0) is 14.3 Å². The maximum atomic E-state index is 13.2. The second-order valence-corrected chi connectivity index (χ2v) is 9.93. The van der Waals surface area contributed by atoms with Crippen molar-refractivity contribution in [3.63, 3.8) is 0 Å². The van der Waals surface area contributed by atoms with Crippen molar-refractivity contribution in [3.8, 4) is 28.7 Å². The lowest BCUT2D eigenvalue weighted by molar-refractivity contribution is -0.141. The van der Waals surface area contributed by atoms with Gasteiger partial charge >= 0.3 is 5.97 Å². The number of ether oxygens (including phenoxy) is 5. The lowest BCUT2D eigenvalue weighted by Gasteiger charge is -2.39. The van der Waals surface area contributed by atoms with Gasteiger partial charge in [-0.2, -0.15) is 0 Å². The van der Waals surface area contributed by atoms with Crippen LogP contribution in [0.5, 0.6) is 28.7 Å². The van der Waals surface area contributed by atoms with E-state index in [0.717, 1.165) is 17.7 Å². The maximum absolute atomic E-state index is 13.2. The van der Waals surface area contributed by atoms with E-state index in [1.165, 1.54) is 14.2 Å². The van der Waals surface area contributed by atoms with E-state index in [0.29, 0.717) is 23.6 Å². The number of hydrogen-bond donors (Lipinski definition) is 3. The van der Waals surface area contributed by atoms with Crippen LogP contribution in [0.25, 0.3) is 0 Å². The topological polar surface area (TPSA) is 128 Å². The summed E-state index contributed by atoms with van der Waals surface area (Å²) in [6.45, 7) is 1.87. The first-order valence-corrected chi connectivity index (χ1v) is 12.5. The highest BCUT2D eigenvalue weighted by Crippen LogP contribution is 2.55. The predicted octanol–water partition coefficient (Wildman–Crippen LogP) is 1.38. The van der Waals surface area contributed by atoms with E-state index in [2.05, 4.69) is 10.6 Å². The third kappa shape index (κ3) is 4.67. The lowest BCUT2D eigenvalue weighted by Crippen LogP contribution is -2.45. The first-order chi connectivity index (χ1) is 18.3. The molecular formula is C27H33N3O8. The van der Waals surface area contributed by atoms with Gasteiger partial charge in [-0.3, -0.25) is 9.59 Å². The SMILES string of the molecule is COc1cc(C2c3cc4c(cc3C(NC(=O)CNCCN(C)C)C3COC(=O)C23)OCO4)cc(OC)c1O. The molecule has 1 saturated heterocycles. The third-order valence-electron chi connectivity index (χ3n) is 7.39. The van der Waals surface area contributed by atoms with E-state index >= 15 is 0 Å². The Balaban J connectivity index is 1.56. The number of aromatic hydroxyl groups is 1. The summed E-state index contributed by atoms with van der Waals surface area (Å²) in [5.74, 6) is -0.438. The number of likely N-dealkylation sites (N-methyl/N-ethyl adjacent to an activating group) is 1. The zero-order valence-corrected chi connectivity index (χ0v) is 21.9. The normalized spacial score (nSPS) is 23.0. The molecule has 0 spiro atoms. The van der Waals surface area contributed by atoms with Gasteiger partial charge in [-0.15, -0.1) is 0 Å². The van der Waals surface area contributed by atoms with Crippen LogP contribution >= 0.6 is 0 Å². The fourth-order valence-corrected chi connectivity index (χ4v) is 5.57. The Kier molecular flexibility index (Phi) is 7.22. The molecule has 11 heteroatoms. The standard InChI is InChI=1S/C27H33N3O8/c1-30(2)6-5-28-11-22(31)29-25-16-10-19-18(37-13-38-19)9-15(16)23(24-17(25)12-36-27(24)33)14-7-20(34-3)26(32)21(8-14)35-4/h7-10,17,23-25,28,32H,5-6,11-13H2,1-4H3,(H,29,31). The molecule has 38 heavy (non-hydrogen) atoms. The summed E-state index contributed by atoms with van der Waals surface area (Å²) < 4.78 is 27.7. The molecule has 2 aliphatic heterocycles. The minimum atomic E-state index is -0.589. The summed E-state index contributed by atoms with van der Waals surface area (Å²) in [5.41, 5.74) is 2.34. The third-order valence-corrected chi connectivity index (χ3v) is 7.39. The highest BCUT2D eigenvalue weighted by Gasteiger charge is 2.53. The van der Waals surface area contributed by atoms with Crippen molar-refractivity contribution in [1.82, 2.24) is 15.5 Å². The number of esters is 1. The van der Waals surface area contributed by atoms with E-state index in [9.17, 15) is 14.7 Å². The van der Waals surface area contributed by atoms with E-state index < -0.39 is 17.9 Å². The fraction of sp³-hybridized carbons (Fsp3) is 0.481. The molecule has 4 atom stereocenters. The Morgan fingerprint density at radius 2 is 1.71 bits per heavy atom. The summed E-state index contributed by atoms with van der Waals surface area (Å²) in [6, 6.07) is 6.67. The summed E-state index contributed by atoms with van der Waals surface area (Å²) in [6.07, 6.45) is 0. The summed E-state index contributed by atoms with van der Waals surface area (Å²) >= 11 is 0. The number of amides is 1. The first kappa shape index (κ1) is 25.9. The molecule has 1 amide bonds. The highest BCUT2D eigenvalue weighted by molar-refractivity contribution is 5.81. The second-order valence-electron chi connectivity index (χ2n) is 9.93. The van der Waals surface area contributed by atoms with Gasteiger partial charge in [0.15, 0.2) is 23.0 Å². The van der Waals surface area contributed by atoms with Gasteiger partial charge in [-0.1, -0.05) is 0 Å². The van der Waals surface area contributed by atoms with Gasteiger partial charge in [0.2, 0.25) is 18.4 Å². The molecule has 2 aromatic rings. The number of hydrogen-bond acceptors (Lipinski definition) is 10. The van der Waals surface area contributed by atoms with Crippen LogP contribution in [0, 0.1) is 11.8 Å². The van der Waals surface area contributed by atoms with Gasteiger partial charge in [0.05, 0.1) is 39.3 Å². The number of cyclic esters (lactones) is 1. The Labute approximate surface area is 220 Å². The minimum absolute atomic E-state index is 0.0888. The van der Waals surface area contributed by atoms with Crippen LogP contribution < -0.4 is 29.6 Å². The highest BCUT2D eigenvalue weighted by atomic mass is 16.7. The number of benzene rings is 2. The Hall–Kier alpha value is -3.70. The molecule has 3 aliphatic rings. The zero-order chi connectivity index (χ0) is 27.0. The Bertz CT molecular complexity index is 1210. The smallest absolute Gasteiger partial charge is 0.310 e. The quantitative estimate of drug-likeness (QED) is 0.325. The molecule has 0 bridgehead atoms. The summed E-state index contributed by atoms with van der Waals surface area (Å²) in [5, 5.41) is 16.8. The molecule has 5 rings (SSSR count). The monoisotopic (exact) mass is 527 g/mol. The van der Waals surface area contributed by atoms with Crippen LogP contribution in [0.15, 0.2) is 24.3 Å². The van der Waals surface area contributed by atoms with Crippen LogP contribution in [-0.4, -0.2) is 83.2 Å².